The Bertz CT molecular complexity index is 1130. The first kappa shape index (κ1) is 21.3. The van der Waals surface area contributed by atoms with Crippen LogP contribution in [0.3, 0.4) is 0 Å². The van der Waals surface area contributed by atoms with Crippen LogP contribution in [0, 0.1) is 5.92 Å². The molecule has 0 spiro atoms. The summed E-state index contributed by atoms with van der Waals surface area (Å²) in [6.45, 7) is 3.84. The molecule has 8 nitrogen and oxygen atoms in total. The number of primary amides is 1. The SMILES string of the molecule is CCOC(=O)c1cnn(-c2ccnc3cc(Cl)ccc23)c1CN1CCC[C@H](C(N)=O)C1. The highest BCUT2D eigenvalue weighted by atomic mass is 35.5. The zero-order valence-corrected chi connectivity index (χ0v) is 18.0. The number of nitrogens with zero attached hydrogens (tertiary/aromatic N) is 4. The number of carbonyl (C=O) groups is 2. The maximum atomic E-state index is 12.6. The van der Waals surface area contributed by atoms with E-state index in [2.05, 4.69) is 15.0 Å². The highest BCUT2D eigenvalue weighted by Gasteiger charge is 2.27. The number of halogens is 1. The summed E-state index contributed by atoms with van der Waals surface area (Å²) >= 11 is 6.13. The second-order valence-corrected chi connectivity index (χ2v) is 8.04. The van der Waals surface area contributed by atoms with Gasteiger partial charge in [0.25, 0.3) is 0 Å². The van der Waals surface area contributed by atoms with Crippen LogP contribution in [0.15, 0.2) is 36.7 Å². The Kier molecular flexibility index (Phi) is 6.20. The molecule has 9 heteroatoms. The molecule has 2 aromatic heterocycles. The van der Waals surface area contributed by atoms with Gasteiger partial charge in [-0.1, -0.05) is 11.6 Å². The summed E-state index contributed by atoms with van der Waals surface area (Å²) in [7, 11) is 0. The number of pyridine rings is 1. The zero-order chi connectivity index (χ0) is 22.0. The third-order valence-corrected chi connectivity index (χ3v) is 5.79. The van der Waals surface area contributed by atoms with Crippen molar-refractivity contribution < 1.29 is 14.3 Å². The summed E-state index contributed by atoms with van der Waals surface area (Å²) in [6.07, 6.45) is 4.87. The van der Waals surface area contributed by atoms with E-state index in [4.69, 9.17) is 22.1 Å². The van der Waals surface area contributed by atoms with E-state index in [1.54, 1.807) is 29.9 Å². The number of rotatable bonds is 6. The number of piperidine rings is 1. The summed E-state index contributed by atoms with van der Waals surface area (Å²) in [5, 5.41) is 5.97. The maximum Gasteiger partial charge on any atom is 0.341 e. The van der Waals surface area contributed by atoms with Crippen LogP contribution >= 0.6 is 11.6 Å². The van der Waals surface area contributed by atoms with Gasteiger partial charge < -0.3 is 10.5 Å². The van der Waals surface area contributed by atoms with Crippen molar-refractivity contribution in [3.63, 3.8) is 0 Å². The third-order valence-electron chi connectivity index (χ3n) is 5.56. The van der Waals surface area contributed by atoms with Crippen molar-refractivity contribution >= 4 is 34.4 Å². The number of likely N-dealkylation sites (tertiary alicyclic amines) is 1. The number of fused-ring (bicyclic) bond motifs is 1. The van der Waals surface area contributed by atoms with Crippen LogP contribution in [0.2, 0.25) is 5.02 Å². The second kappa shape index (κ2) is 9.03. The van der Waals surface area contributed by atoms with Crippen molar-refractivity contribution in [1.29, 1.82) is 0 Å². The Morgan fingerprint density at radius 3 is 2.94 bits per heavy atom. The van der Waals surface area contributed by atoms with Crippen LogP contribution < -0.4 is 5.73 Å². The molecule has 0 bridgehead atoms. The summed E-state index contributed by atoms with van der Waals surface area (Å²) in [6, 6.07) is 7.33. The lowest BCUT2D eigenvalue weighted by atomic mass is 9.97. The minimum absolute atomic E-state index is 0.194. The summed E-state index contributed by atoms with van der Waals surface area (Å²) in [4.78, 5) is 30.9. The van der Waals surface area contributed by atoms with Gasteiger partial charge in [-0.05, 0) is 50.6 Å². The van der Waals surface area contributed by atoms with E-state index in [9.17, 15) is 9.59 Å². The number of hydrogen-bond donors (Lipinski definition) is 1. The largest absolute Gasteiger partial charge is 0.462 e. The molecule has 2 N–H and O–H groups in total. The predicted molar refractivity (Wildman–Crippen MR) is 117 cm³/mol. The number of benzene rings is 1. The molecule has 1 aliphatic heterocycles. The van der Waals surface area contributed by atoms with E-state index in [1.807, 2.05) is 12.1 Å². The highest BCUT2D eigenvalue weighted by Crippen LogP contribution is 2.27. The fraction of sp³-hybridized carbons (Fsp3) is 0.364. The Labute approximate surface area is 184 Å². The zero-order valence-electron chi connectivity index (χ0n) is 17.3. The van der Waals surface area contributed by atoms with E-state index < -0.39 is 5.97 Å². The Morgan fingerprint density at radius 1 is 1.32 bits per heavy atom. The lowest BCUT2D eigenvalue weighted by molar-refractivity contribution is -0.123. The Balaban J connectivity index is 1.77. The van der Waals surface area contributed by atoms with Gasteiger partial charge in [-0.3, -0.25) is 14.7 Å². The minimum Gasteiger partial charge on any atom is -0.462 e. The molecule has 1 saturated heterocycles. The molecule has 0 aliphatic carbocycles. The average Bonchev–Trinajstić information content (AvgIpc) is 3.16. The van der Waals surface area contributed by atoms with Gasteiger partial charge in [-0.15, -0.1) is 0 Å². The molecular formula is C22H24ClN5O3. The normalized spacial score (nSPS) is 17.0. The number of esters is 1. The minimum atomic E-state index is -0.423. The fourth-order valence-corrected chi connectivity index (χ4v) is 4.21. The van der Waals surface area contributed by atoms with Gasteiger partial charge in [0.2, 0.25) is 5.91 Å². The first-order valence-corrected chi connectivity index (χ1v) is 10.7. The Hall–Kier alpha value is -2.97. The van der Waals surface area contributed by atoms with E-state index in [0.717, 1.165) is 36.0 Å². The molecule has 162 valence electrons. The molecule has 1 amide bonds. The van der Waals surface area contributed by atoms with Crippen molar-refractivity contribution in [1.82, 2.24) is 19.7 Å². The van der Waals surface area contributed by atoms with E-state index >= 15 is 0 Å². The molecule has 0 unspecified atom stereocenters. The number of ether oxygens (including phenoxy) is 1. The molecule has 31 heavy (non-hydrogen) atoms. The van der Waals surface area contributed by atoms with Gasteiger partial charge in [0.05, 0.1) is 35.6 Å². The topological polar surface area (TPSA) is 103 Å². The van der Waals surface area contributed by atoms with Crippen LogP contribution in [0.5, 0.6) is 0 Å². The molecule has 1 aliphatic rings. The van der Waals surface area contributed by atoms with Gasteiger partial charge in [0.1, 0.15) is 5.56 Å². The number of aromatic nitrogens is 3. The predicted octanol–water partition coefficient (Wildman–Crippen LogP) is 2.95. The van der Waals surface area contributed by atoms with Crippen LogP contribution in [-0.4, -0.2) is 51.2 Å². The van der Waals surface area contributed by atoms with Crippen LogP contribution in [0.25, 0.3) is 16.6 Å². The van der Waals surface area contributed by atoms with E-state index in [1.165, 1.54) is 6.20 Å². The summed E-state index contributed by atoms with van der Waals surface area (Å²) in [5.41, 5.74) is 8.17. The maximum absolute atomic E-state index is 12.6. The number of amides is 1. The molecule has 1 fully saturated rings. The van der Waals surface area contributed by atoms with Gasteiger partial charge in [-0.25, -0.2) is 9.48 Å². The lowest BCUT2D eigenvalue weighted by Crippen LogP contribution is -2.41. The molecule has 1 atom stereocenters. The van der Waals surface area contributed by atoms with Gasteiger partial charge in [0, 0.05) is 29.7 Å². The van der Waals surface area contributed by atoms with Crippen molar-refractivity contribution in [2.75, 3.05) is 19.7 Å². The van der Waals surface area contributed by atoms with Crippen LogP contribution in [0.4, 0.5) is 0 Å². The van der Waals surface area contributed by atoms with Crippen molar-refractivity contribution in [3.8, 4) is 5.69 Å². The highest BCUT2D eigenvalue weighted by molar-refractivity contribution is 6.31. The van der Waals surface area contributed by atoms with Crippen LogP contribution in [0.1, 0.15) is 35.8 Å². The first-order chi connectivity index (χ1) is 15.0. The molecular weight excluding hydrogens is 418 g/mol. The third kappa shape index (κ3) is 4.40. The molecule has 4 rings (SSSR count). The monoisotopic (exact) mass is 441 g/mol. The van der Waals surface area contributed by atoms with Gasteiger partial charge >= 0.3 is 5.97 Å². The standard InChI is InChI=1S/C22H24ClN5O3/c1-2-31-22(30)17-11-26-28(19-7-8-25-18-10-15(23)5-6-16(18)19)20(17)13-27-9-3-4-14(12-27)21(24)29/h5-8,10-11,14H,2-4,9,12-13H2,1H3,(H2,24,29)/t14-/m0/s1. The first-order valence-electron chi connectivity index (χ1n) is 10.3. The molecule has 3 aromatic rings. The fourth-order valence-electron chi connectivity index (χ4n) is 4.05. The molecule has 0 saturated carbocycles. The van der Waals surface area contributed by atoms with E-state index in [0.29, 0.717) is 29.4 Å². The van der Waals surface area contributed by atoms with Crippen LogP contribution in [-0.2, 0) is 16.1 Å². The smallest absolute Gasteiger partial charge is 0.341 e. The molecule has 0 radical (unpaired) electrons. The number of carbonyl (C=O) groups excluding carboxylic acids is 2. The average molecular weight is 442 g/mol. The van der Waals surface area contributed by atoms with Gasteiger partial charge in [0.15, 0.2) is 0 Å². The van der Waals surface area contributed by atoms with Crippen molar-refractivity contribution in [2.24, 2.45) is 11.7 Å². The quantitative estimate of drug-likeness (QED) is 0.590. The molecule has 1 aromatic carbocycles. The molecule has 3 heterocycles. The Morgan fingerprint density at radius 2 is 2.16 bits per heavy atom. The summed E-state index contributed by atoms with van der Waals surface area (Å²) in [5.74, 6) is -0.908. The second-order valence-electron chi connectivity index (χ2n) is 7.61. The van der Waals surface area contributed by atoms with E-state index in [-0.39, 0.29) is 18.4 Å². The van der Waals surface area contributed by atoms with Gasteiger partial charge in [-0.2, -0.15) is 5.10 Å². The summed E-state index contributed by atoms with van der Waals surface area (Å²) < 4.78 is 7.00. The lowest BCUT2D eigenvalue weighted by Gasteiger charge is -2.31. The number of hydrogen-bond acceptors (Lipinski definition) is 6. The van der Waals surface area contributed by atoms with Crippen molar-refractivity contribution in [2.45, 2.75) is 26.3 Å². The number of nitrogens with two attached hydrogens (primary N) is 1. The van der Waals surface area contributed by atoms with Crippen molar-refractivity contribution in [3.05, 3.63) is 52.9 Å².